The van der Waals surface area contributed by atoms with Gasteiger partial charge in [0.1, 0.15) is 0 Å². The second-order valence-electron chi connectivity index (χ2n) is 5.43. The van der Waals surface area contributed by atoms with Crippen LogP contribution in [0.1, 0.15) is 28.1 Å². The van der Waals surface area contributed by atoms with Crippen LogP contribution in [0.3, 0.4) is 0 Å². The zero-order valence-corrected chi connectivity index (χ0v) is 15.7. The number of carbonyl (C=O) groups excluding carboxylic acids is 2. The van der Waals surface area contributed by atoms with Gasteiger partial charge in [-0.05, 0) is 29.1 Å². The summed E-state index contributed by atoms with van der Waals surface area (Å²) in [5.41, 5.74) is 1.71. The van der Waals surface area contributed by atoms with E-state index in [9.17, 15) is 14.4 Å². The third kappa shape index (κ3) is 7.28. The second-order valence-corrected chi connectivity index (χ2v) is 7.48. The Morgan fingerprint density at radius 3 is 2.69 bits per heavy atom. The molecule has 1 aromatic heterocycles. The molecule has 0 radical (unpaired) electrons. The van der Waals surface area contributed by atoms with E-state index in [4.69, 9.17) is 5.11 Å². The Hall–Kier alpha value is -2.32. The number of thiophene rings is 1. The maximum Gasteiger partial charge on any atom is 0.304 e. The molecule has 0 aliphatic heterocycles. The summed E-state index contributed by atoms with van der Waals surface area (Å²) in [5, 5.41) is 16.0. The number of carboxylic acids is 1. The van der Waals surface area contributed by atoms with Crippen LogP contribution in [0.15, 0.2) is 41.8 Å². The van der Waals surface area contributed by atoms with Gasteiger partial charge in [-0.2, -0.15) is 11.8 Å². The summed E-state index contributed by atoms with van der Waals surface area (Å²) in [7, 11) is 0. The van der Waals surface area contributed by atoms with Gasteiger partial charge in [-0.15, -0.1) is 11.3 Å². The molecule has 0 saturated carbocycles. The predicted molar refractivity (Wildman–Crippen MR) is 105 cm³/mol. The van der Waals surface area contributed by atoms with Gasteiger partial charge < -0.3 is 15.7 Å². The number of carboxylic acid groups (broad SMARTS) is 1. The van der Waals surface area contributed by atoms with Crippen molar-refractivity contribution in [2.24, 2.45) is 0 Å². The summed E-state index contributed by atoms with van der Waals surface area (Å²) in [6.45, 7) is 0.271. The van der Waals surface area contributed by atoms with E-state index in [1.54, 1.807) is 18.2 Å². The molecule has 3 N–H and O–H groups in total. The van der Waals surface area contributed by atoms with Crippen LogP contribution in [0.5, 0.6) is 0 Å². The zero-order chi connectivity index (χ0) is 18.8. The lowest BCUT2D eigenvalue weighted by Crippen LogP contribution is -2.27. The highest BCUT2D eigenvalue weighted by Gasteiger charge is 2.08. The normalized spacial score (nSPS) is 10.3. The van der Waals surface area contributed by atoms with Gasteiger partial charge in [0.05, 0.1) is 11.3 Å². The molecule has 6 nitrogen and oxygen atoms in total. The van der Waals surface area contributed by atoms with Gasteiger partial charge in [0.2, 0.25) is 5.91 Å². The van der Waals surface area contributed by atoms with Gasteiger partial charge in [0.25, 0.3) is 5.91 Å². The van der Waals surface area contributed by atoms with Gasteiger partial charge in [-0.3, -0.25) is 14.4 Å². The van der Waals surface area contributed by atoms with E-state index >= 15 is 0 Å². The van der Waals surface area contributed by atoms with Gasteiger partial charge in [0.15, 0.2) is 0 Å². The molecular weight excluding hydrogens is 372 g/mol. The van der Waals surface area contributed by atoms with Gasteiger partial charge >= 0.3 is 5.97 Å². The Kier molecular flexibility index (Phi) is 8.17. The molecule has 2 rings (SSSR count). The lowest BCUT2D eigenvalue weighted by molar-refractivity contribution is -0.136. The summed E-state index contributed by atoms with van der Waals surface area (Å²) in [4.78, 5) is 34.9. The molecule has 26 heavy (non-hydrogen) atoms. The number of carbonyl (C=O) groups is 3. The smallest absolute Gasteiger partial charge is 0.304 e. The van der Waals surface area contributed by atoms with Crippen LogP contribution in [0, 0.1) is 0 Å². The number of thioether (sulfide) groups is 1. The van der Waals surface area contributed by atoms with Gasteiger partial charge in [0, 0.05) is 30.2 Å². The summed E-state index contributed by atoms with van der Waals surface area (Å²) < 4.78 is 0. The van der Waals surface area contributed by atoms with E-state index in [0.29, 0.717) is 22.1 Å². The van der Waals surface area contributed by atoms with E-state index in [2.05, 4.69) is 10.6 Å². The molecule has 0 atom stereocenters. The van der Waals surface area contributed by atoms with E-state index in [1.807, 2.05) is 23.6 Å². The molecule has 1 aromatic carbocycles. The highest BCUT2D eigenvalue weighted by molar-refractivity contribution is 7.98. The Balaban J connectivity index is 1.71. The van der Waals surface area contributed by atoms with Crippen LogP contribution in [-0.2, 0) is 15.3 Å². The zero-order valence-electron chi connectivity index (χ0n) is 14.1. The second kappa shape index (κ2) is 10.6. The van der Waals surface area contributed by atoms with Crippen LogP contribution in [-0.4, -0.2) is 35.2 Å². The topological polar surface area (TPSA) is 95.5 Å². The van der Waals surface area contributed by atoms with Crippen LogP contribution in [0.4, 0.5) is 5.69 Å². The van der Waals surface area contributed by atoms with E-state index in [-0.39, 0.29) is 31.2 Å². The lowest BCUT2D eigenvalue weighted by atomic mass is 10.2. The minimum absolute atomic E-state index is 0.137. The van der Waals surface area contributed by atoms with Crippen LogP contribution in [0.25, 0.3) is 0 Å². The average molecular weight is 393 g/mol. The first-order chi connectivity index (χ1) is 12.5. The minimum atomic E-state index is -0.801. The highest BCUT2D eigenvalue weighted by Crippen LogP contribution is 2.17. The average Bonchev–Trinajstić information content (AvgIpc) is 3.13. The van der Waals surface area contributed by atoms with E-state index < -0.39 is 5.97 Å². The van der Waals surface area contributed by atoms with Crippen molar-refractivity contribution in [3.8, 4) is 0 Å². The first-order valence-electron chi connectivity index (χ1n) is 8.04. The Morgan fingerprint density at radius 2 is 1.96 bits per heavy atom. The molecule has 1 heterocycles. The fourth-order valence-corrected chi connectivity index (χ4v) is 3.61. The fourth-order valence-electron chi connectivity index (χ4n) is 2.10. The van der Waals surface area contributed by atoms with Crippen molar-refractivity contribution in [1.29, 1.82) is 0 Å². The SMILES string of the molecule is O=C(O)CCSCc1cccc(NC(=O)CCNC(=O)c2cccs2)c1. The third-order valence-corrected chi connectivity index (χ3v) is 5.22. The monoisotopic (exact) mass is 392 g/mol. The van der Waals surface area contributed by atoms with Crippen molar-refractivity contribution in [3.05, 3.63) is 52.2 Å². The van der Waals surface area contributed by atoms with Crippen LogP contribution >= 0.6 is 23.1 Å². The number of amides is 2. The van der Waals surface area contributed by atoms with Crippen molar-refractivity contribution in [2.45, 2.75) is 18.6 Å². The highest BCUT2D eigenvalue weighted by atomic mass is 32.2. The van der Waals surface area contributed by atoms with E-state index in [1.165, 1.54) is 23.1 Å². The fraction of sp³-hybridized carbons (Fsp3) is 0.278. The van der Waals surface area contributed by atoms with Gasteiger partial charge in [-0.1, -0.05) is 18.2 Å². The molecular formula is C18H20N2O4S2. The Morgan fingerprint density at radius 1 is 1.12 bits per heavy atom. The quantitative estimate of drug-likeness (QED) is 0.540. The van der Waals surface area contributed by atoms with Crippen LogP contribution < -0.4 is 10.6 Å². The number of aliphatic carboxylic acids is 1. The molecule has 0 spiro atoms. The number of hydrogen-bond donors (Lipinski definition) is 3. The standard InChI is InChI=1S/C18H20N2O4S2/c21-16(6-8-19-18(24)15-5-2-9-26-15)20-14-4-1-3-13(11-14)12-25-10-7-17(22)23/h1-5,9,11H,6-8,10,12H2,(H,19,24)(H,20,21)(H,22,23). The maximum atomic E-state index is 12.0. The number of anilines is 1. The first-order valence-corrected chi connectivity index (χ1v) is 10.1. The lowest BCUT2D eigenvalue weighted by Gasteiger charge is -2.08. The number of nitrogens with one attached hydrogen (secondary N) is 2. The molecule has 8 heteroatoms. The molecule has 0 fully saturated rings. The molecule has 138 valence electrons. The molecule has 2 aromatic rings. The van der Waals surface area contributed by atoms with Crippen molar-refractivity contribution >= 4 is 46.6 Å². The van der Waals surface area contributed by atoms with Crippen molar-refractivity contribution in [1.82, 2.24) is 5.32 Å². The number of hydrogen-bond acceptors (Lipinski definition) is 5. The molecule has 0 unspecified atom stereocenters. The number of benzene rings is 1. The first kappa shape index (κ1) is 20.0. The number of rotatable bonds is 10. The van der Waals surface area contributed by atoms with Crippen molar-refractivity contribution in [3.63, 3.8) is 0 Å². The van der Waals surface area contributed by atoms with Crippen LogP contribution in [0.2, 0.25) is 0 Å². The summed E-state index contributed by atoms with van der Waals surface area (Å²) >= 11 is 2.89. The largest absolute Gasteiger partial charge is 0.481 e. The Bertz CT molecular complexity index is 747. The summed E-state index contributed by atoms with van der Waals surface area (Å²) in [5.74, 6) is 0.0917. The Labute approximate surface area is 160 Å². The van der Waals surface area contributed by atoms with Crippen molar-refractivity contribution < 1.29 is 19.5 Å². The molecule has 0 saturated heterocycles. The third-order valence-electron chi connectivity index (χ3n) is 3.32. The molecule has 0 aliphatic rings. The molecule has 0 aliphatic carbocycles. The van der Waals surface area contributed by atoms with Gasteiger partial charge in [-0.25, -0.2) is 0 Å². The maximum absolute atomic E-state index is 12.0. The molecule has 2 amide bonds. The van der Waals surface area contributed by atoms with E-state index in [0.717, 1.165) is 5.56 Å². The summed E-state index contributed by atoms with van der Waals surface area (Å²) in [6.07, 6.45) is 0.326. The summed E-state index contributed by atoms with van der Waals surface area (Å²) in [6, 6.07) is 11.0. The predicted octanol–water partition coefficient (Wildman–Crippen LogP) is 3.21. The molecule has 0 bridgehead atoms. The van der Waals surface area contributed by atoms with Crippen molar-refractivity contribution in [2.75, 3.05) is 17.6 Å². The minimum Gasteiger partial charge on any atom is -0.481 e.